The number of rotatable bonds is 3. The van der Waals surface area contributed by atoms with E-state index in [0.29, 0.717) is 17.1 Å². The van der Waals surface area contributed by atoms with E-state index in [2.05, 4.69) is 10.6 Å². The van der Waals surface area contributed by atoms with E-state index in [9.17, 15) is 14.0 Å². The minimum Gasteiger partial charge on any atom is -0.478 e. The van der Waals surface area contributed by atoms with Gasteiger partial charge in [0.1, 0.15) is 11.6 Å². The average molecular weight is 349 g/mol. The van der Waals surface area contributed by atoms with Crippen molar-refractivity contribution in [2.45, 2.75) is 19.4 Å². The lowest BCUT2D eigenvalue weighted by Crippen LogP contribution is -2.39. The summed E-state index contributed by atoms with van der Waals surface area (Å²) >= 11 is 5.67. The zero-order valence-electron chi connectivity index (χ0n) is 12.7. The van der Waals surface area contributed by atoms with E-state index in [-0.39, 0.29) is 17.4 Å². The van der Waals surface area contributed by atoms with Gasteiger partial charge in [0.05, 0.1) is 17.1 Å². The second-order valence-corrected chi connectivity index (χ2v) is 5.88. The fourth-order valence-electron chi connectivity index (χ4n) is 2.35. The molecular weight excluding hydrogens is 335 g/mol. The monoisotopic (exact) mass is 348 g/mol. The van der Waals surface area contributed by atoms with Crippen LogP contribution < -0.4 is 15.4 Å². The first-order chi connectivity index (χ1) is 11.4. The summed E-state index contributed by atoms with van der Waals surface area (Å²) in [6.07, 6.45) is -1.11. The van der Waals surface area contributed by atoms with Crippen LogP contribution in [0.5, 0.6) is 5.75 Å². The second-order valence-electron chi connectivity index (χ2n) is 5.48. The van der Waals surface area contributed by atoms with E-state index >= 15 is 0 Å². The lowest BCUT2D eigenvalue weighted by molar-refractivity contribution is -0.128. The third kappa shape index (κ3) is 3.49. The first kappa shape index (κ1) is 16.3. The summed E-state index contributed by atoms with van der Waals surface area (Å²) in [5, 5.41) is 5.19. The van der Waals surface area contributed by atoms with Crippen LogP contribution in [0.1, 0.15) is 12.0 Å². The molecule has 5 nitrogen and oxygen atoms in total. The van der Waals surface area contributed by atoms with E-state index in [1.165, 1.54) is 12.1 Å². The van der Waals surface area contributed by atoms with Crippen molar-refractivity contribution in [1.29, 1.82) is 0 Å². The standard InChI is InChI=1S/C17H14ClFN2O3/c1-9-2-5-14-13(6-9)21-17(23)15(24-14)8-16(22)20-10-3-4-12(19)11(18)7-10/h2-7,15H,8H2,1H3,(H,20,22)(H,21,23). The normalized spacial score (nSPS) is 16.0. The number of anilines is 2. The van der Waals surface area contributed by atoms with Gasteiger partial charge in [-0.25, -0.2) is 4.39 Å². The quantitative estimate of drug-likeness (QED) is 0.891. The summed E-state index contributed by atoms with van der Waals surface area (Å²) in [6, 6.07) is 9.24. The molecule has 2 N–H and O–H groups in total. The fraction of sp³-hybridized carbons (Fsp3) is 0.176. The molecule has 2 aromatic rings. The van der Waals surface area contributed by atoms with Crippen molar-refractivity contribution in [3.05, 3.63) is 52.8 Å². The minimum atomic E-state index is -0.934. The molecule has 24 heavy (non-hydrogen) atoms. The highest BCUT2D eigenvalue weighted by Gasteiger charge is 2.29. The van der Waals surface area contributed by atoms with Crippen molar-refractivity contribution in [2.75, 3.05) is 10.6 Å². The Bertz CT molecular complexity index is 825. The maximum atomic E-state index is 13.1. The molecule has 0 aromatic heterocycles. The zero-order valence-corrected chi connectivity index (χ0v) is 13.5. The summed E-state index contributed by atoms with van der Waals surface area (Å²) < 4.78 is 18.7. The number of carbonyl (C=O) groups excluding carboxylic acids is 2. The Labute approximate surface area is 142 Å². The molecule has 0 bridgehead atoms. The molecule has 1 atom stereocenters. The van der Waals surface area contributed by atoms with Crippen molar-refractivity contribution < 1.29 is 18.7 Å². The van der Waals surface area contributed by atoms with Crippen LogP contribution in [0.15, 0.2) is 36.4 Å². The molecule has 0 spiro atoms. The Balaban J connectivity index is 1.67. The number of ether oxygens (including phenoxy) is 1. The maximum absolute atomic E-state index is 13.1. The van der Waals surface area contributed by atoms with Crippen LogP contribution in [0.3, 0.4) is 0 Å². The lowest BCUT2D eigenvalue weighted by Gasteiger charge is -2.25. The molecule has 124 valence electrons. The molecule has 0 aliphatic carbocycles. The van der Waals surface area contributed by atoms with Crippen LogP contribution in [0.25, 0.3) is 0 Å². The molecule has 1 aliphatic rings. The number of hydrogen-bond donors (Lipinski definition) is 2. The third-order valence-electron chi connectivity index (χ3n) is 3.53. The summed E-state index contributed by atoms with van der Waals surface area (Å²) in [6.45, 7) is 1.90. The van der Waals surface area contributed by atoms with E-state index in [4.69, 9.17) is 16.3 Å². The number of fused-ring (bicyclic) bond motifs is 1. The molecule has 0 saturated heterocycles. The lowest BCUT2D eigenvalue weighted by atomic mass is 10.1. The van der Waals surface area contributed by atoms with Gasteiger partial charge >= 0.3 is 0 Å². The maximum Gasteiger partial charge on any atom is 0.266 e. The van der Waals surface area contributed by atoms with Gasteiger partial charge < -0.3 is 15.4 Å². The first-order valence-corrected chi connectivity index (χ1v) is 7.63. The van der Waals surface area contributed by atoms with E-state index in [1.54, 1.807) is 12.1 Å². The molecule has 2 aromatic carbocycles. The zero-order chi connectivity index (χ0) is 17.3. The Hall–Kier alpha value is -2.60. The number of aryl methyl sites for hydroxylation is 1. The highest BCUT2D eigenvalue weighted by molar-refractivity contribution is 6.31. The van der Waals surface area contributed by atoms with E-state index in [1.807, 2.05) is 13.0 Å². The summed E-state index contributed by atoms with van der Waals surface area (Å²) in [4.78, 5) is 24.1. The SMILES string of the molecule is Cc1ccc2c(c1)NC(=O)C(CC(=O)Nc1ccc(F)c(Cl)c1)O2. The molecule has 3 rings (SSSR count). The largest absolute Gasteiger partial charge is 0.478 e. The Morgan fingerprint density at radius 1 is 1.33 bits per heavy atom. The van der Waals surface area contributed by atoms with Crippen molar-refractivity contribution in [3.63, 3.8) is 0 Å². The number of halogens is 2. The van der Waals surface area contributed by atoms with Crippen LogP contribution in [0, 0.1) is 12.7 Å². The van der Waals surface area contributed by atoms with E-state index in [0.717, 1.165) is 11.6 Å². The Morgan fingerprint density at radius 3 is 2.88 bits per heavy atom. The minimum absolute atomic E-state index is 0.0937. The van der Waals surface area contributed by atoms with Crippen molar-refractivity contribution in [1.82, 2.24) is 0 Å². The first-order valence-electron chi connectivity index (χ1n) is 7.25. The molecule has 1 unspecified atom stereocenters. The van der Waals surface area contributed by atoms with Crippen LogP contribution in [-0.4, -0.2) is 17.9 Å². The van der Waals surface area contributed by atoms with Crippen molar-refractivity contribution >= 4 is 34.8 Å². The number of hydrogen-bond acceptors (Lipinski definition) is 3. The van der Waals surface area contributed by atoms with Gasteiger partial charge in [0.15, 0.2) is 6.10 Å². The van der Waals surface area contributed by atoms with Crippen LogP contribution in [0.4, 0.5) is 15.8 Å². The number of benzene rings is 2. The highest BCUT2D eigenvalue weighted by atomic mass is 35.5. The average Bonchev–Trinajstić information content (AvgIpc) is 2.52. The molecule has 1 heterocycles. The van der Waals surface area contributed by atoms with Gasteiger partial charge in [-0.3, -0.25) is 9.59 Å². The van der Waals surface area contributed by atoms with Gasteiger partial charge in [-0.15, -0.1) is 0 Å². The summed E-state index contributed by atoms with van der Waals surface area (Å²) in [5.74, 6) is -0.881. The molecule has 0 fully saturated rings. The number of amides is 2. The number of carbonyl (C=O) groups is 2. The Kier molecular flexibility index (Phi) is 4.40. The molecule has 7 heteroatoms. The van der Waals surface area contributed by atoms with Gasteiger partial charge in [-0.2, -0.15) is 0 Å². The van der Waals surface area contributed by atoms with Crippen LogP contribution >= 0.6 is 11.6 Å². The number of nitrogens with one attached hydrogen (secondary N) is 2. The van der Waals surface area contributed by atoms with Crippen LogP contribution in [-0.2, 0) is 9.59 Å². The predicted molar refractivity (Wildman–Crippen MR) is 88.9 cm³/mol. The van der Waals surface area contributed by atoms with Gasteiger partial charge in [0.2, 0.25) is 5.91 Å². The van der Waals surface area contributed by atoms with Crippen molar-refractivity contribution in [3.8, 4) is 5.75 Å². The predicted octanol–water partition coefficient (Wildman–Crippen LogP) is 3.52. The van der Waals surface area contributed by atoms with Gasteiger partial charge in [0.25, 0.3) is 5.91 Å². The molecule has 0 radical (unpaired) electrons. The highest BCUT2D eigenvalue weighted by Crippen LogP contribution is 2.31. The topological polar surface area (TPSA) is 67.4 Å². The van der Waals surface area contributed by atoms with Crippen molar-refractivity contribution in [2.24, 2.45) is 0 Å². The molecular formula is C17H14ClFN2O3. The third-order valence-corrected chi connectivity index (χ3v) is 3.82. The van der Waals surface area contributed by atoms with Gasteiger partial charge in [-0.05, 0) is 42.8 Å². The fourth-order valence-corrected chi connectivity index (χ4v) is 2.53. The molecule has 0 saturated carbocycles. The van der Waals surface area contributed by atoms with Crippen LogP contribution in [0.2, 0.25) is 5.02 Å². The molecule has 1 aliphatic heterocycles. The summed E-state index contributed by atoms with van der Waals surface area (Å²) in [5.41, 5.74) is 1.92. The van der Waals surface area contributed by atoms with Gasteiger partial charge in [-0.1, -0.05) is 17.7 Å². The second kappa shape index (κ2) is 6.49. The van der Waals surface area contributed by atoms with E-state index < -0.39 is 17.8 Å². The Morgan fingerprint density at radius 2 is 2.12 bits per heavy atom. The van der Waals surface area contributed by atoms with Gasteiger partial charge in [0, 0.05) is 5.69 Å². The molecule has 2 amide bonds. The smallest absolute Gasteiger partial charge is 0.266 e. The summed E-state index contributed by atoms with van der Waals surface area (Å²) in [7, 11) is 0.